The molecule has 21 heavy (non-hydrogen) atoms. The first-order valence-electron chi connectivity index (χ1n) is 6.37. The largest absolute Gasteiger partial charge is 0.352 e. The first-order valence-corrected chi connectivity index (χ1v) is 8.81. The lowest BCUT2D eigenvalue weighted by Crippen LogP contribution is -2.26. The highest BCUT2D eigenvalue weighted by atomic mass is 35.5. The van der Waals surface area contributed by atoms with Crippen LogP contribution >= 0.6 is 11.6 Å². The molecule has 0 bridgehead atoms. The zero-order valence-corrected chi connectivity index (χ0v) is 13.0. The minimum absolute atomic E-state index is 0.0485. The van der Waals surface area contributed by atoms with Gasteiger partial charge in [-0.2, -0.15) is 0 Å². The highest BCUT2D eigenvalue weighted by Gasteiger charge is 2.12. The number of fused-ring (bicyclic) bond motifs is 1. The van der Waals surface area contributed by atoms with E-state index in [1.54, 1.807) is 12.1 Å². The van der Waals surface area contributed by atoms with E-state index in [9.17, 15) is 13.2 Å². The third-order valence-corrected chi connectivity index (χ3v) is 4.30. The first kappa shape index (κ1) is 15.7. The Balaban J connectivity index is 2.12. The second-order valence-electron chi connectivity index (χ2n) is 4.75. The molecule has 0 radical (unpaired) electrons. The molecule has 0 saturated carbocycles. The number of nitrogens with zero attached hydrogens (tertiary/aromatic N) is 1. The van der Waals surface area contributed by atoms with Crippen molar-refractivity contribution in [1.29, 1.82) is 0 Å². The Labute approximate surface area is 128 Å². The highest BCUT2D eigenvalue weighted by Crippen LogP contribution is 2.23. The fourth-order valence-corrected chi connectivity index (χ4v) is 2.85. The quantitative estimate of drug-likeness (QED) is 0.674. The molecule has 0 fully saturated rings. The Morgan fingerprint density at radius 1 is 1.29 bits per heavy atom. The van der Waals surface area contributed by atoms with Crippen molar-refractivity contribution in [3.63, 3.8) is 0 Å². The van der Waals surface area contributed by atoms with Gasteiger partial charge in [0.05, 0.1) is 11.3 Å². The Bertz CT molecular complexity index is 775. The van der Waals surface area contributed by atoms with Gasteiger partial charge >= 0.3 is 0 Å². The van der Waals surface area contributed by atoms with E-state index in [1.807, 2.05) is 12.1 Å². The summed E-state index contributed by atoms with van der Waals surface area (Å²) in [7, 11) is -3.01. The van der Waals surface area contributed by atoms with Crippen molar-refractivity contribution in [2.45, 2.75) is 6.42 Å². The number of hydrogen-bond acceptors (Lipinski definition) is 4. The number of hydrogen-bond donors (Lipinski definition) is 1. The molecular formula is C14H15ClN2O3S. The highest BCUT2D eigenvalue weighted by molar-refractivity contribution is 7.90. The van der Waals surface area contributed by atoms with Gasteiger partial charge in [-0.3, -0.25) is 4.79 Å². The van der Waals surface area contributed by atoms with Gasteiger partial charge in [0.1, 0.15) is 15.0 Å². The summed E-state index contributed by atoms with van der Waals surface area (Å²) in [5.41, 5.74) is 0.425. The van der Waals surface area contributed by atoms with Crippen molar-refractivity contribution >= 4 is 38.1 Å². The Hall–Kier alpha value is -1.66. The smallest absolute Gasteiger partial charge is 0.253 e. The van der Waals surface area contributed by atoms with Gasteiger partial charge in [0.2, 0.25) is 0 Å². The van der Waals surface area contributed by atoms with E-state index in [1.165, 1.54) is 12.5 Å². The predicted octanol–water partition coefficient (Wildman–Crippen LogP) is 2.05. The van der Waals surface area contributed by atoms with Gasteiger partial charge in [0.25, 0.3) is 5.91 Å². The van der Waals surface area contributed by atoms with Crippen LogP contribution in [0.15, 0.2) is 30.5 Å². The molecule has 0 unspecified atom stereocenters. The van der Waals surface area contributed by atoms with E-state index >= 15 is 0 Å². The third kappa shape index (κ3) is 4.15. The maximum Gasteiger partial charge on any atom is 0.253 e. The fraction of sp³-hybridized carbons (Fsp3) is 0.286. The van der Waals surface area contributed by atoms with Crippen molar-refractivity contribution in [1.82, 2.24) is 10.3 Å². The number of rotatable bonds is 5. The van der Waals surface area contributed by atoms with Gasteiger partial charge in [-0.25, -0.2) is 13.4 Å². The summed E-state index contributed by atoms with van der Waals surface area (Å²) >= 11 is 6.00. The van der Waals surface area contributed by atoms with E-state index in [0.717, 1.165) is 5.39 Å². The summed E-state index contributed by atoms with van der Waals surface area (Å²) in [6.07, 6.45) is 2.98. The van der Waals surface area contributed by atoms with Crippen LogP contribution in [0.1, 0.15) is 16.8 Å². The number of amides is 1. The zero-order chi connectivity index (χ0) is 15.5. The molecule has 0 atom stereocenters. The van der Waals surface area contributed by atoms with Crippen LogP contribution in [0, 0.1) is 0 Å². The van der Waals surface area contributed by atoms with Gasteiger partial charge < -0.3 is 5.32 Å². The minimum Gasteiger partial charge on any atom is -0.352 e. The van der Waals surface area contributed by atoms with Gasteiger partial charge in [0, 0.05) is 24.4 Å². The van der Waals surface area contributed by atoms with Crippen LogP contribution in [0.4, 0.5) is 0 Å². The molecule has 1 amide bonds. The molecule has 0 spiro atoms. The molecule has 1 aromatic carbocycles. The summed E-state index contributed by atoms with van der Waals surface area (Å²) in [4.78, 5) is 16.2. The molecule has 5 nitrogen and oxygen atoms in total. The summed E-state index contributed by atoms with van der Waals surface area (Å²) < 4.78 is 22.0. The number of benzene rings is 1. The number of halogens is 1. The minimum atomic E-state index is -3.01. The fourth-order valence-electron chi connectivity index (χ4n) is 1.97. The molecule has 2 aromatic rings. The lowest BCUT2D eigenvalue weighted by Gasteiger charge is -2.08. The third-order valence-electron chi connectivity index (χ3n) is 2.97. The Kier molecular flexibility index (Phi) is 4.80. The monoisotopic (exact) mass is 326 g/mol. The lowest BCUT2D eigenvalue weighted by atomic mass is 10.1. The molecule has 0 aliphatic rings. The number of carbonyl (C=O) groups is 1. The Morgan fingerprint density at radius 3 is 2.62 bits per heavy atom. The van der Waals surface area contributed by atoms with Crippen molar-refractivity contribution in [3.05, 3.63) is 41.2 Å². The molecule has 0 aliphatic heterocycles. The normalized spacial score (nSPS) is 11.5. The van der Waals surface area contributed by atoms with Crippen LogP contribution < -0.4 is 5.32 Å². The van der Waals surface area contributed by atoms with Crippen LogP contribution in [0.25, 0.3) is 10.8 Å². The molecular weight excluding hydrogens is 312 g/mol. The van der Waals surface area contributed by atoms with Crippen molar-refractivity contribution in [2.75, 3.05) is 18.6 Å². The van der Waals surface area contributed by atoms with Gasteiger partial charge in [0.15, 0.2) is 0 Å². The first-order chi connectivity index (χ1) is 9.88. The maximum absolute atomic E-state index is 12.2. The number of aromatic nitrogens is 1. The molecule has 1 N–H and O–H groups in total. The summed E-state index contributed by atoms with van der Waals surface area (Å²) in [6.45, 7) is 0.295. The number of nitrogens with one attached hydrogen (secondary N) is 1. The van der Waals surface area contributed by atoms with E-state index in [-0.39, 0.29) is 11.7 Å². The van der Waals surface area contributed by atoms with Crippen molar-refractivity contribution < 1.29 is 13.2 Å². The standard InChI is InChI=1S/C14H15ClN2O3S/c1-21(19,20)8-4-7-16-14(18)12-9-17-13(15)11-6-3-2-5-10(11)12/h2-3,5-6,9H,4,7-8H2,1H3,(H,16,18). The van der Waals surface area contributed by atoms with Crippen LogP contribution in [0.5, 0.6) is 0 Å². The van der Waals surface area contributed by atoms with E-state index in [4.69, 9.17) is 11.6 Å². The van der Waals surface area contributed by atoms with E-state index < -0.39 is 9.84 Å². The van der Waals surface area contributed by atoms with Crippen LogP contribution in [0.3, 0.4) is 0 Å². The molecule has 1 heterocycles. The Morgan fingerprint density at radius 2 is 1.95 bits per heavy atom. The average Bonchev–Trinajstić information content (AvgIpc) is 2.43. The molecule has 0 saturated heterocycles. The molecule has 1 aromatic heterocycles. The average molecular weight is 327 g/mol. The molecule has 2 rings (SSSR count). The predicted molar refractivity (Wildman–Crippen MR) is 83.4 cm³/mol. The van der Waals surface area contributed by atoms with E-state index in [2.05, 4.69) is 10.3 Å². The molecule has 0 aliphatic carbocycles. The summed E-state index contributed by atoms with van der Waals surface area (Å²) in [5, 5.41) is 4.47. The molecule has 112 valence electrons. The van der Waals surface area contributed by atoms with Gasteiger partial charge in [-0.15, -0.1) is 0 Å². The number of sulfone groups is 1. The SMILES string of the molecule is CS(=O)(=O)CCCNC(=O)c1cnc(Cl)c2ccccc12. The van der Waals surface area contributed by atoms with Crippen LogP contribution in [-0.4, -0.2) is 37.9 Å². The van der Waals surface area contributed by atoms with Crippen LogP contribution in [-0.2, 0) is 9.84 Å². The molecule has 7 heteroatoms. The number of pyridine rings is 1. The lowest BCUT2D eigenvalue weighted by molar-refractivity contribution is 0.0955. The van der Waals surface area contributed by atoms with Crippen LogP contribution in [0.2, 0.25) is 5.15 Å². The summed E-state index contributed by atoms with van der Waals surface area (Å²) in [5.74, 6) is -0.240. The maximum atomic E-state index is 12.2. The number of carbonyl (C=O) groups excluding carboxylic acids is 1. The topological polar surface area (TPSA) is 76.1 Å². The van der Waals surface area contributed by atoms with Gasteiger partial charge in [-0.05, 0) is 11.8 Å². The van der Waals surface area contributed by atoms with Crippen molar-refractivity contribution in [3.8, 4) is 0 Å². The zero-order valence-electron chi connectivity index (χ0n) is 11.5. The second kappa shape index (κ2) is 6.41. The van der Waals surface area contributed by atoms with E-state index in [0.29, 0.717) is 29.1 Å². The van der Waals surface area contributed by atoms with Gasteiger partial charge in [-0.1, -0.05) is 35.9 Å². The second-order valence-corrected chi connectivity index (χ2v) is 7.37. The van der Waals surface area contributed by atoms with Crippen molar-refractivity contribution in [2.24, 2.45) is 0 Å². The summed E-state index contributed by atoms with van der Waals surface area (Å²) in [6, 6.07) is 7.24.